The maximum atomic E-state index is 8.68. The second-order valence-corrected chi connectivity index (χ2v) is 3.88. The fraction of sp³-hybridized carbons (Fsp3) is 0.0714. The number of hydrogen-bond acceptors (Lipinski definition) is 3. The molecule has 0 spiro atoms. The maximum absolute atomic E-state index is 8.68. The molecule has 2 aromatic carbocycles. The van der Waals surface area contributed by atoms with Crippen LogP contribution in [0.3, 0.4) is 0 Å². The van der Waals surface area contributed by atoms with Gasteiger partial charge in [-0.2, -0.15) is 5.26 Å². The lowest BCUT2D eigenvalue weighted by Gasteiger charge is -2.06. The van der Waals surface area contributed by atoms with Crippen molar-refractivity contribution in [2.75, 3.05) is 11.5 Å². The van der Waals surface area contributed by atoms with Gasteiger partial charge in [0.15, 0.2) is 0 Å². The highest BCUT2D eigenvalue weighted by molar-refractivity contribution is 5.74. The molecule has 2 rings (SSSR count). The molecule has 0 unspecified atom stereocenters. The summed E-state index contributed by atoms with van der Waals surface area (Å²) in [6, 6.07) is 15.6. The Balaban J connectivity index is 2.42. The molecule has 0 amide bonds. The van der Waals surface area contributed by atoms with Crippen LogP contribution in [0, 0.1) is 11.3 Å². The molecule has 84 valence electrons. The lowest BCUT2D eigenvalue weighted by molar-refractivity contribution is 1.26. The standard InChI is InChI=1S/C14H13N3/c15-7-6-10-2-1-3-11(8-10)12-4-5-13(16)14(17)9-12/h1-5,8-9H,6,16-17H2. The number of rotatable bonds is 2. The van der Waals surface area contributed by atoms with Gasteiger partial charge in [0.2, 0.25) is 0 Å². The lowest BCUT2D eigenvalue weighted by atomic mass is 10.0. The van der Waals surface area contributed by atoms with Crippen LogP contribution in [-0.4, -0.2) is 0 Å². The average Bonchev–Trinajstić information content (AvgIpc) is 2.33. The van der Waals surface area contributed by atoms with E-state index in [9.17, 15) is 0 Å². The van der Waals surface area contributed by atoms with Crippen molar-refractivity contribution in [1.82, 2.24) is 0 Å². The highest BCUT2D eigenvalue weighted by Gasteiger charge is 2.01. The second kappa shape index (κ2) is 4.58. The molecule has 0 aliphatic carbocycles. The first-order valence-electron chi connectivity index (χ1n) is 5.32. The molecule has 0 aliphatic rings. The number of hydrogen-bond donors (Lipinski definition) is 2. The normalized spacial score (nSPS) is 9.82. The van der Waals surface area contributed by atoms with E-state index in [1.165, 1.54) is 0 Å². The highest BCUT2D eigenvalue weighted by atomic mass is 14.7. The molecule has 0 aromatic heterocycles. The third-order valence-corrected chi connectivity index (χ3v) is 2.63. The van der Waals surface area contributed by atoms with Crippen molar-refractivity contribution in [3.63, 3.8) is 0 Å². The van der Waals surface area contributed by atoms with Crippen LogP contribution < -0.4 is 11.5 Å². The fourth-order valence-corrected chi connectivity index (χ4v) is 1.71. The summed E-state index contributed by atoms with van der Waals surface area (Å²) in [5, 5.41) is 8.68. The van der Waals surface area contributed by atoms with E-state index >= 15 is 0 Å². The van der Waals surface area contributed by atoms with Gasteiger partial charge in [-0.3, -0.25) is 0 Å². The van der Waals surface area contributed by atoms with Crippen LogP contribution in [0.25, 0.3) is 11.1 Å². The molecule has 17 heavy (non-hydrogen) atoms. The number of nitrogens with two attached hydrogens (primary N) is 2. The largest absolute Gasteiger partial charge is 0.397 e. The van der Waals surface area contributed by atoms with E-state index in [1.54, 1.807) is 6.07 Å². The molecule has 3 nitrogen and oxygen atoms in total. The summed E-state index contributed by atoms with van der Waals surface area (Å²) in [5.74, 6) is 0. The molecule has 0 saturated carbocycles. The number of nitriles is 1. The van der Waals surface area contributed by atoms with Crippen LogP contribution in [-0.2, 0) is 6.42 Å². The molecule has 0 aliphatic heterocycles. The first-order valence-corrected chi connectivity index (χ1v) is 5.32. The number of nitrogens with zero attached hydrogens (tertiary/aromatic N) is 1. The van der Waals surface area contributed by atoms with Gasteiger partial charge >= 0.3 is 0 Å². The molecule has 0 atom stereocenters. The van der Waals surface area contributed by atoms with E-state index in [0.29, 0.717) is 17.8 Å². The molecule has 0 bridgehead atoms. The predicted octanol–water partition coefficient (Wildman–Crippen LogP) is 2.58. The van der Waals surface area contributed by atoms with Crippen LogP contribution >= 0.6 is 0 Å². The second-order valence-electron chi connectivity index (χ2n) is 3.88. The van der Waals surface area contributed by atoms with Crippen LogP contribution in [0.2, 0.25) is 0 Å². The molecular formula is C14H13N3. The van der Waals surface area contributed by atoms with E-state index in [0.717, 1.165) is 16.7 Å². The van der Waals surface area contributed by atoms with Crippen molar-refractivity contribution in [3.8, 4) is 17.2 Å². The first-order chi connectivity index (χ1) is 8.20. The van der Waals surface area contributed by atoms with Gasteiger partial charge in [-0.05, 0) is 28.8 Å². The van der Waals surface area contributed by atoms with Crippen molar-refractivity contribution < 1.29 is 0 Å². The van der Waals surface area contributed by atoms with Crippen molar-refractivity contribution in [3.05, 3.63) is 48.0 Å². The Morgan fingerprint density at radius 1 is 0.941 bits per heavy atom. The van der Waals surface area contributed by atoms with Crippen LogP contribution in [0.5, 0.6) is 0 Å². The van der Waals surface area contributed by atoms with E-state index in [-0.39, 0.29) is 0 Å². The zero-order valence-corrected chi connectivity index (χ0v) is 9.35. The topological polar surface area (TPSA) is 75.8 Å². The zero-order valence-electron chi connectivity index (χ0n) is 9.35. The zero-order chi connectivity index (χ0) is 12.3. The third kappa shape index (κ3) is 2.37. The smallest absolute Gasteiger partial charge is 0.0669 e. The van der Waals surface area contributed by atoms with Gasteiger partial charge in [0.25, 0.3) is 0 Å². The number of nitrogen functional groups attached to an aromatic ring is 2. The van der Waals surface area contributed by atoms with Gasteiger partial charge in [0, 0.05) is 0 Å². The molecule has 3 heteroatoms. The van der Waals surface area contributed by atoms with Gasteiger partial charge in [0.1, 0.15) is 0 Å². The summed E-state index contributed by atoms with van der Waals surface area (Å²) >= 11 is 0. The predicted molar refractivity (Wildman–Crippen MR) is 70.0 cm³/mol. The molecule has 4 N–H and O–H groups in total. The molecule has 0 fully saturated rings. The Hall–Kier alpha value is -2.47. The SMILES string of the molecule is N#CCc1cccc(-c2ccc(N)c(N)c2)c1. The number of benzene rings is 2. The molecule has 0 heterocycles. The van der Waals surface area contributed by atoms with E-state index < -0.39 is 0 Å². The maximum Gasteiger partial charge on any atom is 0.0669 e. The summed E-state index contributed by atoms with van der Waals surface area (Å²) in [4.78, 5) is 0. The number of anilines is 2. The van der Waals surface area contributed by atoms with Gasteiger partial charge in [-0.25, -0.2) is 0 Å². The summed E-state index contributed by atoms with van der Waals surface area (Å²) in [6.07, 6.45) is 0.415. The van der Waals surface area contributed by atoms with Gasteiger partial charge in [-0.1, -0.05) is 30.3 Å². The Labute approximate surface area is 100 Å². The average molecular weight is 223 g/mol. The van der Waals surface area contributed by atoms with Crippen molar-refractivity contribution >= 4 is 11.4 Å². The minimum atomic E-state index is 0.415. The van der Waals surface area contributed by atoms with Gasteiger partial charge in [-0.15, -0.1) is 0 Å². The highest BCUT2D eigenvalue weighted by Crippen LogP contribution is 2.25. The van der Waals surface area contributed by atoms with E-state index in [2.05, 4.69) is 6.07 Å². The Morgan fingerprint density at radius 2 is 1.71 bits per heavy atom. The van der Waals surface area contributed by atoms with Crippen molar-refractivity contribution in [2.24, 2.45) is 0 Å². The lowest BCUT2D eigenvalue weighted by Crippen LogP contribution is -1.94. The van der Waals surface area contributed by atoms with Crippen molar-refractivity contribution in [1.29, 1.82) is 5.26 Å². The Morgan fingerprint density at radius 3 is 2.41 bits per heavy atom. The first kappa shape index (κ1) is 11.0. The molecule has 0 saturated heterocycles. The minimum absolute atomic E-state index is 0.415. The molecule has 0 radical (unpaired) electrons. The summed E-state index contributed by atoms with van der Waals surface area (Å²) in [6.45, 7) is 0. The van der Waals surface area contributed by atoms with E-state index in [1.807, 2.05) is 36.4 Å². The monoisotopic (exact) mass is 223 g/mol. The fourth-order valence-electron chi connectivity index (χ4n) is 1.71. The summed E-state index contributed by atoms with van der Waals surface area (Å²) in [7, 11) is 0. The van der Waals surface area contributed by atoms with E-state index in [4.69, 9.17) is 16.7 Å². The summed E-state index contributed by atoms with van der Waals surface area (Å²) in [5.41, 5.74) is 15.7. The quantitative estimate of drug-likeness (QED) is 0.768. The Kier molecular flexibility index (Phi) is 2.97. The third-order valence-electron chi connectivity index (χ3n) is 2.63. The van der Waals surface area contributed by atoms with Crippen molar-refractivity contribution in [2.45, 2.75) is 6.42 Å². The summed E-state index contributed by atoms with van der Waals surface area (Å²) < 4.78 is 0. The molecular weight excluding hydrogens is 210 g/mol. The molecule has 2 aromatic rings. The van der Waals surface area contributed by atoms with Crippen LogP contribution in [0.1, 0.15) is 5.56 Å². The Bertz CT molecular complexity index is 582. The van der Waals surface area contributed by atoms with Gasteiger partial charge < -0.3 is 11.5 Å². The van der Waals surface area contributed by atoms with Gasteiger partial charge in [0.05, 0.1) is 23.9 Å². The minimum Gasteiger partial charge on any atom is -0.397 e. The van der Waals surface area contributed by atoms with Crippen LogP contribution in [0.4, 0.5) is 11.4 Å². The van der Waals surface area contributed by atoms with Crippen LogP contribution in [0.15, 0.2) is 42.5 Å².